The van der Waals surface area contributed by atoms with E-state index < -0.39 is 0 Å². The lowest BCUT2D eigenvalue weighted by Gasteiger charge is -2.33. The van der Waals surface area contributed by atoms with E-state index in [9.17, 15) is 4.79 Å². The lowest BCUT2D eigenvalue weighted by Crippen LogP contribution is -2.36. The molecule has 1 aliphatic carbocycles. The molecule has 192 valence electrons. The van der Waals surface area contributed by atoms with Gasteiger partial charge in [0, 0.05) is 54.0 Å². The van der Waals surface area contributed by atoms with Gasteiger partial charge in [0.2, 0.25) is 11.4 Å². The van der Waals surface area contributed by atoms with Gasteiger partial charge in [-0.1, -0.05) is 29.3 Å². The zero-order chi connectivity index (χ0) is 26.1. The molecule has 2 N–H and O–H groups in total. The van der Waals surface area contributed by atoms with Crippen molar-refractivity contribution in [2.24, 2.45) is 7.05 Å². The van der Waals surface area contributed by atoms with Gasteiger partial charge in [-0.2, -0.15) is 4.98 Å². The van der Waals surface area contributed by atoms with Crippen LogP contribution in [0, 0.1) is 0 Å². The molecular weight excluding hydrogens is 507 g/mol. The van der Waals surface area contributed by atoms with Gasteiger partial charge in [0.05, 0.1) is 15.4 Å². The minimum absolute atomic E-state index is 0.218. The van der Waals surface area contributed by atoms with Crippen LogP contribution in [-0.2, 0) is 7.05 Å². The second-order valence-corrected chi connectivity index (χ2v) is 10.6. The molecule has 0 bridgehead atoms. The van der Waals surface area contributed by atoms with Gasteiger partial charge in [-0.25, -0.2) is 4.98 Å². The van der Waals surface area contributed by atoms with Crippen LogP contribution in [0.2, 0.25) is 10.0 Å². The van der Waals surface area contributed by atoms with Crippen molar-refractivity contribution in [2.45, 2.75) is 37.8 Å². The van der Waals surface area contributed by atoms with Crippen LogP contribution in [0.3, 0.4) is 0 Å². The molecule has 0 aliphatic heterocycles. The number of nitrogens with one attached hydrogen (secondary N) is 2. The van der Waals surface area contributed by atoms with E-state index in [-0.39, 0.29) is 5.43 Å². The van der Waals surface area contributed by atoms with Gasteiger partial charge < -0.3 is 20.1 Å². The maximum Gasteiger partial charge on any atom is 0.229 e. The van der Waals surface area contributed by atoms with Gasteiger partial charge in [-0.05, 0) is 76.2 Å². The molecule has 2 aromatic carbocycles. The molecule has 1 fully saturated rings. The lowest BCUT2D eigenvalue weighted by molar-refractivity contribution is 0.221. The van der Waals surface area contributed by atoms with Gasteiger partial charge in [0.1, 0.15) is 5.65 Å². The number of nitrogens with zero attached hydrogens (tertiary/aromatic N) is 4. The monoisotopic (exact) mass is 536 g/mol. The zero-order valence-corrected chi connectivity index (χ0v) is 22.6. The number of fused-ring (bicyclic) bond motifs is 1. The molecule has 0 spiro atoms. The van der Waals surface area contributed by atoms with Crippen molar-refractivity contribution in [3.8, 4) is 11.1 Å². The van der Waals surface area contributed by atoms with Crippen LogP contribution in [0.15, 0.2) is 59.7 Å². The minimum atomic E-state index is -0.218. The molecule has 0 atom stereocenters. The number of hydrogen-bond donors (Lipinski definition) is 2. The highest BCUT2D eigenvalue weighted by atomic mass is 35.5. The Morgan fingerprint density at radius 2 is 1.62 bits per heavy atom. The summed E-state index contributed by atoms with van der Waals surface area (Å²) >= 11 is 12.7. The van der Waals surface area contributed by atoms with Crippen LogP contribution in [0.5, 0.6) is 0 Å². The van der Waals surface area contributed by atoms with Gasteiger partial charge in [-0.15, -0.1) is 0 Å². The Labute approximate surface area is 226 Å². The van der Waals surface area contributed by atoms with Gasteiger partial charge in [0.15, 0.2) is 0 Å². The van der Waals surface area contributed by atoms with Crippen LogP contribution in [0.25, 0.3) is 22.2 Å². The maximum atomic E-state index is 13.3. The number of rotatable bonds is 6. The fraction of sp³-hybridized carbons (Fsp3) is 0.321. The number of anilines is 3. The molecule has 0 amide bonds. The minimum Gasteiger partial charge on any atom is -0.382 e. The summed E-state index contributed by atoms with van der Waals surface area (Å²) in [7, 11) is 6.16. The van der Waals surface area contributed by atoms with E-state index in [1.165, 1.54) is 25.7 Å². The molecule has 37 heavy (non-hydrogen) atoms. The largest absolute Gasteiger partial charge is 0.382 e. The number of pyridine rings is 1. The van der Waals surface area contributed by atoms with E-state index in [1.54, 1.807) is 35.2 Å². The Morgan fingerprint density at radius 3 is 2.27 bits per heavy atom. The van der Waals surface area contributed by atoms with Crippen molar-refractivity contribution in [3.63, 3.8) is 0 Å². The first-order valence-electron chi connectivity index (χ1n) is 12.4. The van der Waals surface area contributed by atoms with E-state index in [1.807, 2.05) is 19.2 Å². The normalized spacial score (nSPS) is 17.8. The van der Waals surface area contributed by atoms with Crippen molar-refractivity contribution >= 4 is 51.6 Å². The second kappa shape index (κ2) is 10.7. The SMILES string of the molecule is Cn1cc(-c2c(Cl)cccc2Cl)c(=O)c2cnc(Nc3ccc(N[C@H]4CC[C@H](N(C)C)CC4)cc3)nc21. The number of aromatic nitrogens is 3. The predicted molar refractivity (Wildman–Crippen MR) is 153 cm³/mol. The standard InChI is InChI=1S/C28H30Cl2N6O/c1-35(2)20-13-11-18(12-14-20)32-17-7-9-19(10-8-17)33-28-31-15-21-26(37)22(16-36(3)27(21)34-28)25-23(29)5-4-6-24(25)30/h4-10,15-16,18,20,32H,11-14H2,1-3H3,(H,31,33,34)/t18-,20-. The van der Waals surface area contributed by atoms with E-state index in [2.05, 4.69) is 51.7 Å². The van der Waals surface area contributed by atoms with E-state index in [4.69, 9.17) is 23.2 Å². The Morgan fingerprint density at radius 1 is 0.973 bits per heavy atom. The molecule has 4 aromatic rings. The molecular formula is C28H30Cl2N6O. The first-order chi connectivity index (χ1) is 17.8. The highest BCUT2D eigenvalue weighted by Crippen LogP contribution is 2.33. The average Bonchev–Trinajstić information content (AvgIpc) is 2.88. The zero-order valence-electron chi connectivity index (χ0n) is 21.1. The summed E-state index contributed by atoms with van der Waals surface area (Å²) in [5, 5.41) is 8.14. The smallest absolute Gasteiger partial charge is 0.229 e. The van der Waals surface area contributed by atoms with Crippen molar-refractivity contribution < 1.29 is 0 Å². The summed E-state index contributed by atoms with van der Waals surface area (Å²) in [5.41, 5.74) is 3.19. The molecule has 5 rings (SSSR count). The number of aryl methyl sites for hydroxylation is 1. The topological polar surface area (TPSA) is 75.1 Å². The third-order valence-electron chi connectivity index (χ3n) is 7.09. The van der Waals surface area contributed by atoms with Crippen molar-refractivity contribution in [1.82, 2.24) is 19.4 Å². The predicted octanol–water partition coefficient (Wildman–Crippen LogP) is 6.33. The molecule has 2 heterocycles. The molecule has 0 radical (unpaired) electrons. The second-order valence-electron chi connectivity index (χ2n) is 9.83. The van der Waals surface area contributed by atoms with Crippen LogP contribution < -0.4 is 16.1 Å². The van der Waals surface area contributed by atoms with Crippen molar-refractivity contribution in [2.75, 3.05) is 24.7 Å². The van der Waals surface area contributed by atoms with Crippen LogP contribution in [-0.4, -0.2) is 45.6 Å². The molecule has 1 aliphatic rings. The van der Waals surface area contributed by atoms with Gasteiger partial charge in [0.25, 0.3) is 0 Å². The Kier molecular flexibility index (Phi) is 7.38. The number of halogens is 2. The van der Waals surface area contributed by atoms with Gasteiger partial charge >= 0.3 is 0 Å². The molecule has 0 unspecified atom stereocenters. The first kappa shape index (κ1) is 25.5. The van der Waals surface area contributed by atoms with Crippen molar-refractivity contribution in [1.29, 1.82) is 0 Å². The lowest BCUT2D eigenvalue weighted by atomic mass is 9.90. The summed E-state index contributed by atoms with van der Waals surface area (Å²) in [6.07, 6.45) is 8.05. The van der Waals surface area contributed by atoms with Gasteiger partial charge in [-0.3, -0.25) is 4.79 Å². The highest BCUT2D eigenvalue weighted by Gasteiger charge is 2.22. The molecule has 1 saturated carbocycles. The summed E-state index contributed by atoms with van der Waals surface area (Å²) in [6, 6.07) is 14.5. The van der Waals surface area contributed by atoms with E-state index in [0.717, 1.165) is 11.4 Å². The Hall–Kier alpha value is -3.13. The van der Waals surface area contributed by atoms with Crippen molar-refractivity contribution in [3.05, 3.63) is 75.1 Å². The molecule has 7 nitrogen and oxygen atoms in total. The third kappa shape index (κ3) is 5.44. The Bertz CT molecular complexity index is 1460. The summed E-state index contributed by atoms with van der Waals surface area (Å²) in [6.45, 7) is 0. The number of hydrogen-bond acceptors (Lipinski definition) is 6. The average molecular weight is 537 g/mol. The summed E-state index contributed by atoms with van der Waals surface area (Å²) in [5.74, 6) is 0.411. The third-order valence-corrected chi connectivity index (χ3v) is 7.72. The van der Waals surface area contributed by atoms with E-state index >= 15 is 0 Å². The summed E-state index contributed by atoms with van der Waals surface area (Å²) < 4.78 is 1.79. The number of benzene rings is 2. The quantitative estimate of drug-likeness (QED) is 0.300. The van der Waals surface area contributed by atoms with Crippen LogP contribution in [0.4, 0.5) is 17.3 Å². The fourth-order valence-corrected chi connectivity index (χ4v) is 5.61. The van der Waals surface area contributed by atoms with E-state index in [0.29, 0.717) is 50.2 Å². The molecule has 0 saturated heterocycles. The van der Waals surface area contributed by atoms with Crippen LogP contribution in [0.1, 0.15) is 25.7 Å². The Balaban J connectivity index is 1.32. The summed E-state index contributed by atoms with van der Waals surface area (Å²) in [4.78, 5) is 24.6. The van der Waals surface area contributed by atoms with Crippen LogP contribution >= 0.6 is 23.2 Å². The molecule has 2 aromatic heterocycles. The maximum absolute atomic E-state index is 13.3. The highest BCUT2D eigenvalue weighted by molar-refractivity contribution is 6.39. The first-order valence-corrected chi connectivity index (χ1v) is 13.2. The fourth-order valence-electron chi connectivity index (χ4n) is 5.00. The molecule has 9 heteroatoms.